The van der Waals surface area contributed by atoms with Gasteiger partial charge in [-0.1, -0.05) is 16.8 Å². The minimum absolute atomic E-state index is 0.707. The Balaban J connectivity index is 1.91. The summed E-state index contributed by atoms with van der Waals surface area (Å²) in [4.78, 5) is 7.01. The van der Waals surface area contributed by atoms with Crippen LogP contribution in [-0.2, 0) is 0 Å². The maximum Gasteiger partial charge on any atom is 0.132 e. The average molecular weight is 326 g/mol. The zero-order valence-electron chi connectivity index (χ0n) is 13.2. The Morgan fingerprint density at radius 2 is 2.05 bits per heavy atom. The molecule has 0 aromatic heterocycles. The first-order valence-corrected chi connectivity index (χ1v) is 7.82. The predicted octanol–water partition coefficient (Wildman–Crippen LogP) is 1.85. The second kappa shape index (κ2) is 8.22. The summed E-state index contributed by atoms with van der Waals surface area (Å²) >= 11 is 6.37. The summed E-state index contributed by atoms with van der Waals surface area (Å²) in [5.74, 6) is 0. The average Bonchev–Trinajstić information content (AvgIpc) is 2.51. The minimum atomic E-state index is 0.707. The Bertz CT molecular complexity index is 501. The third-order valence-electron chi connectivity index (χ3n) is 3.81. The minimum Gasteiger partial charge on any atom is -0.410 e. The largest absolute Gasteiger partial charge is 0.410 e. The lowest BCUT2D eigenvalue weighted by Gasteiger charge is -2.37. The van der Waals surface area contributed by atoms with Crippen LogP contribution in [0.4, 0.5) is 11.4 Å². The molecule has 0 aliphatic carbocycles. The van der Waals surface area contributed by atoms with Crippen molar-refractivity contribution in [2.75, 3.05) is 63.6 Å². The highest BCUT2D eigenvalue weighted by Gasteiger charge is 2.18. The summed E-state index contributed by atoms with van der Waals surface area (Å²) in [6, 6.07) is 5.78. The van der Waals surface area contributed by atoms with Crippen LogP contribution >= 0.6 is 11.6 Å². The lowest BCUT2D eigenvalue weighted by atomic mass is 10.2. The summed E-state index contributed by atoms with van der Waals surface area (Å²) in [5, 5.41) is 14.9. The molecule has 0 atom stereocenters. The van der Waals surface area contributed by atoms with Gasteiger partial charge in [-0.2, -0.15) is 0 Å². The number of hydrogen-bond donors (Lipinski definition) is 2. The second-order valence-corrected chi connectivity index (χ2v) is 6.09. The fraction of sp³-hybridized carbons (Fsp3) is 0.533. The van der Waals surface area contributed by atoms with E-state index < -0.39 is 0 Å². The van der Waals surface area contributed by atoms with E-state index in [0.717, 1.165) is 50.6 Å². The van der Waals surface area contributed by atoms with Crippen LogP contribution in [0.5, 0.6) is 0 Å². The van der Waals surface area contributed by atoms with Gasteiger partial charge in [-0.15, -0.1) is 0 Å². The highest BCUT2D eigenvalue weighted by atomic mass is 35.5. The number of halogens is 1. The maximum atomic E-state index is 8.42. The first-order valence-electron chi connectivity index (χ1n) is 7.44. The second-order valence-electron chi connectivity index (χ2n) is 5.69. The van der Waals surface area contributed by atoms with E-state index in [2.05, 4.69) is 39.3 Å². The molecule has 1 aliphatic rings. The van der Waals surface area contributed by atoms with Crippen LogP contribution in [0.3, 0.4) is 0 Å². The van der Waals surface area contributed by atoms with Gasteiger partial charge in [-0.25, -0.2) is 0 Å². The summed E-state index contributed by atoms with van der Waals surface area (Å²) in [7, 11) is 4.21. The molecule has 2 rings (SSSR count). The number of anilines is 2. The van der Waals surface area contributed by atoms with Gasteiger partial charge in [0.25, 0.3) is 0 Å². The highest BCUT2D eigenvalue weighted by Crippen LogP contribution is 2.29. The van der Waals surface area contributed by atoms with Crippen molar-refractivity contribution in [3.05, 3.63) is 23.2 Å². The summed E-state index contributed by atoms with van der Waals surface area (Å²) in [6.45, 7) is 6.28. The van der Waals surface area contributed by atoms with E-state index in [1.54, 1.807) is 0 Å². The van der Waals surface area contributed by atoms with E-state index in [1.165, 1.54) is 6.34 Å². The van der Waals surface area contributed by atoms with Crippen molar-refractivity contribution < 1.29 is 5.21 Å². The lowest BCUT2D eigenvalue weighted by Crippen LogP contribution is -2.48. The van der Waals surface area contributed by atoms with Crippen LogP contribution in [0, 0.1) is 0 Å². The molecule has 0 saturated carbocycles. The number of rotatable bonds is 6. The van der Waals surface area contributed by atoms with Gasteiger partial charge in [0.1, 0.15) is 6.34 Å². The smallest absolute Gasteiger partial charge is 0.132 e. The summed E-state index contributed by atoms with van der Waals surface area (Å²) in [5.41, 5.74) is 1.86. The van der Waals surface area contributed by atoms with Gasteiger partial charge in [0, 0.05) is 45.0 Å². The molecule has 122 valence electrons. The Hall–Kier alpha value is -1.50. The van der Waals surface area contributed by atoms with E-state index in [9.17, 15) is 0 Å². The zero-order chi connectivity index (χ0) is 15.9. The Kier molecular flexibility index (Phi) is 6.30. The van der Waals surface area contributed by atoms with Crippen LogP contribution in [-0.4, -0.2) is 74.7 Å². The van der Waals surface area contributed by atoms with Crippen molar-refractivity contribution in [1.82, 2.24) is 9.80 Å². The van der Waals surface area contributed by atoms with Gasteiger partial charge in [-0.05, 0) is 32.3 Å². The number of hydrogen-bond acceptors (Lipinski definition) is 5. The van der Waals surface area contributed by atoms with Crippen molar-refractivity contribution in [3.8, 4) is 0 Å². The Morgan fingerprint density at radius 1 is 1.32 bits per heavy atom. The number of nitrogens with one attached hydrogen (secondary N) is 1. The molecule has 1 saturated heterocycles. The molecule has 22 heavy (non-hydrogen) atoms. The third-order valence-corrected chi connectivity index (χ3v) is 4.12. The maximum absolute atomic E-state index is 8.42. The van der Waals surface area contributed by atoms with Crippen LogP contribution in [0.15, 0.2) is 23.4 Å². The van der Waals surface area contributed by atoms with Crippen molar-refractivity contribution in [2.24, 2.45) is 5.16 Å². The van der Waals surface area contributed by atoms with Crippen LogP contribution < -0.4 is 10.2 Å². The normalized spacial score (nSPS) is 16.6. The third kappa shape index (κ3) is 4.76. The molecule has 1 fully saturated rings. The molecule has 0 radical (unpaired) electrons. The molecule has 0 amide bonds. The first-order chi connectivity index (χ1) is 10.6. The number of oxime groups is 1. The van der Waals surface area contributed by atoms with Gasteiger partial charge in [0.2, 0.25) is 0 Å². The fourth-order valence-electron chi connectivity index (χ4n) is 2.51. The van der Waals surface area contributed by atoms with Crippen molar-refractivity contribution in [2.45, 2.75) is 0 Å². The lowest BCUT2D eigenvalue weighted by molar-refractivity contribution is 0.229. The topological polar surface area (TPSA) is 54.3 Å². The molecule has 1 aromatic rings. The molecule has 0 unspecified atom stereocenters. The van der Waals surface area contributed by atoms with E-state index in [1.807, 2.05) is 18.2 Å². The highest BCUT2D eigenvalue weighted by molar-refractivity contribution is 6.33. The predicted molar refractivity (Wildman–Crippen MR) is 92.6 cm³/mol. The first kappa shape index (κ1) is 16.9. The molecule has 1 aromatic carbocycles. The summed E-state index contributed by atoms with van der Waals surface area (Å²) < 4.78 is 0. The number of benzene rings is 1. The van der Waals surface area contributed by atoms with Crippen molar-refractivity contribution >= 4 is 29.3 Å². The Labute approximate surface area is 136 Å². The quantitative estimate of drug-likeness (QED) is 0.362. The van der Waals surface area contributed by atoms with Gasteiger partial charge < -0.3 is 20.3 Å². The van der Waals surface area contributed by atoms with Crippen molar-refractivity contribution in [1.29, 1.82) is 0 Å². The molecular formula is C15H24ClN5O. The van der Waals surface area contributed by atoms with E-state index >= 15 is 0 Å². The standard InChI is InChI=1S/C15H24ClN5O/c1-19(2)5-6-20-7-9-21(10-8-20)15-4-3-13(11-14(15)16)17-12-18-22/h3-4,11-12,22H,5-10H2,1-2H3,(H,17,18). The SMILES string of the molecule is CN(C)CCN1CCN(c2ccc(N/C=N/O)cc2Cl)CC1. The van der Waals surface area contributed by atoms with Crippen LogP contribution in [0.2, 0.25) is 5.02 Å². The van der Waals surface area contributed by atoms with E-state index in [0.29, 0.717) is 5.02 Å². The number of likely N-dealkylation sites (N-methyl/N-ethyl adjacent to an activating group) is 1. The summed E-state index contributed by atoms with van der Waals surface area (Å²) in [6.07, 6.45) is 1.22. The Morgan fingerprint density at radius 3 is 2.64 bits per heavy atom. The molecule has 1 aliphatic heterocycles. The monoisotopic (exact) mass is 325 g/mol. The number of piperazine rings is 1. The zero-order valence-corrected chi connectivity index (χ0v) is 13.9. The van der Waals surface area contributed by atoms with Gasteiger partial charge in [-0.3, -0.25) is 4.90 Å². The molecule has 0 bridgehead atoms. The van der Waals surface area contributed by atoms with Gasteiger partial charge in [0.05, 0.1) is 10.7 Å². The van der Waals surface area contributed by atoms with Crippen LogP contribution in [0.1, 0.15) is 0 Å². The molecule has 0 spiro atoms. The molecule has 1 heterocycles. The van der Waals surface area contributed by atoms with Gasteiger partial charge in [0.15, 0.2) is 0 Å². The van der Waals surface area contributed by atoms with Gasteiger partial charge >= 0.3 is 0 Å². The molecule has 7 heteroatoms. The fourth-order valence-corrected chi connectivity index (χ4v) is 2.81. The molecule has 6 nitrogen and oxygen atoms in total. The number of nitrogens with zero attached hydrogens (tertiary/aromatic N) is 4. The molecule has 2 N–H and O–H groups in total. The van der Waals surface area contributed by atoms with E-state index in [4.69, 9.17) is 16.8 Å². The molecular weight excluding hydrogens is 302 g/mol. The van der Waals surface area contributed by atoms with E-state index in [-0.39, 0.29) is 0 Å². The van der Waals surface area contributed by atoms with Crippen LogP contribution in [0.25, 0.3) is 0 Å². The van der Waals surface area contributed by atoms with Crippen molar-refractivity contribution in [3.63, 3.8) is 0 Å².